The lowest BCUT2D eigenvalue weighted by molar-refractivity contribution is 0.0398. The molecule has 1 aliphatic heterocycles. The molecule has 0 spiro atoms. The van der Waals surface area contributed by atoms with Gasteiger partial charge in [0.15, 0.2) is 5.82 Å². The van der Waals surface area contributed by atoms with Gasteiger partial charge in [0, 0.05) is 26.2 Å². The van der Waals surface area contributed by atoms with Crippen molar-refractivity contribution in [3.63, 3.8) is 0 Å². The number of hydrogen-bond donors (Lipinski definition) is 1. The summed E-state index contributed by atoms with van der Waals surface area (Å²) in [4.78, 5) is 2.32. The van der Waals surface area contributed by atoms with Crippen LogP contribution in [0.3, 0.4) is 0 Å². The number of anilines is 1. The van der Waals surface area contributed by atoms with Gasteiger partial charge in [0.05, 0.1) is 25.0 Å². The Labute approximate surface area is 100 Å². The van der Waals surface area contributed by atoms with Crippen LogP contribution >= 0.6 is 0 Å². The Morgan fingerprint density at radius 1 is 1.47 bits per heavy atom. The molecule has 0 unspecified atom stereocenters. The number of aromatic nitrogens is 2. The van der Waals surface area contributed by atoms with Crippen molar-refractivity contribution >= 4 is 5.82 Å². The number of nitriles is 1. The average Bonchev–Trinajstić information content (AvgIpc) is 2.40. The fraction of sp³-hybridized carbons (Fsp3) is 0.545. The molecular weight excluding hydrogens is 218 g/mol. The predicted molar refractivity (Wildman–Crippen MR) is 62.5 cm³/mol. The Morgan fingerprint density at radius 3 is 3.06 bits per heavy atom. The van der Waals surface area contributed by atoms with E-state index in [-0.39, 0.29) is 0 Å². The Balaban J connectivity index is 1.79. The molecule has 1 aromatic rings. The van der Waals surface area contributed by atoms with E-state index in [9.17, 15) is 0 Å². The molecule has 1 fully saturated rings. The highest BCUT2D eigenvalue weighted by molar-refractivity contribution is 5.49. The lowest BCUT2D eigenvalue weighted by Gasteiger charge is -2.26. The van der Waals surface area contributed by atoms with E-state index in [4.69, 9.17) is 10.00 Å². The number of rotatable bonds is 4. The summed E-state index contributed by atoms with van der Waals surface area (Å²) in [7, 11) is 0. The van der Waals surface area contributed by atoms with E-state index in [2.05, 4.69) is 26.5 Å². The molecular formula is C11H15N5O. The van der Waals surface area contributed by atoms with Crippen molar-refractivity contribution in [3.8, 4) is 6.07 Å². The van der Waals surface area contributed by atoms with Crippen molar-refractivity contribution in [2.24, 2.45) is 0 Å². The summed E-state index contributed by atoms with van der Waals surface area (Å²) in [6, 6.07) is 3.74. The van der Waals surface area contributed by atoms with Gasteiger partial charge in [-0.3, -0.25) is 4.90 Å². The highest BCUT2D eigenvalue weighted by Gasteiger charge is 2.10. The second kappa shape index (κ2) is 6.13. The summed E-state index contributed by atoms with van der Waals surface area (Å²) in [5, 5.41) is 19.7. The quantitative estimate of drug-likeness (QED) is 0.794. The maximum absolute atomic E-state index is 8.88. The first kappa shape index (κ1) is 11.8. The maximum Gasteiger partial charge on any atom is 0.166 e. The highest BCUT2D eigenvalue weighted by atomic mass is 16.5. The summed E-state index contributed by atoms with van der Waals surface area (Å²) < 4.78 is 5.27. The Bertz CT molecular complexity index is 397. The topological polar surface area (TPSA) is 74.1 Å². The molecule has 1 aliphatic rings. The van der Waals surface area contributed by atoms with Gasteiger partial charge in [0.25, 0.3) is 0 Å². The zero-order valence-corrected chi connectivity index (χ0v) is 9.59. The molecule has 17 heavy (non-hydrogen) atoms. The highest BCUT2D eigenvalue weighted by Crippen LogP contribution is 2.07. The van der Waals surface area contributed by atoms with Gasteiger partial charge in [-0.25, -0.2) is 0 Å². The average molecular weight is 233 g/mol. The van der Waals surface area contributed by atoms with E-state index in [1.165, 1.54) is 6.20 Å². The summed E-state index contributed by atoms with van der Waals surface area (Å²) in [5.41, 5.74) is 0.530. The molecule has 0 aliphatic carbocycles. The smallest absolute Gasteiger partial charge is 0.166 e. The van der Waals surface area contributed by atoms with Crippen LogP contribution in [0.25, 0.3) is 0 Å². The van der Waals surface area contributed by atoms with Crippen LogP contribution in [0.5, 0.6) is 0 Å². The van der Waals surface area contributed by atoms with Crippen LogP contribution in [0.4, 0.5) is 5.82 Å². The Kier molecular flexibility index (Phi) is 4.24. The first-order valence-corrected chi connectivity index (χ1v) is 5.66. The minimum atomic E-state index is 0.530. The molecule has 2 rings (SSSR count). The molecule has 90 valence electrons. The van der Waals surface area contributed by atoms with Crippen LogP contribution in [0.1, 0.15) is 5.56 Å². The first-order chi connectivity index (χ1) is 8.40. The summed E-state index contributed by atoms with van der Waals surface area (Å²) in [6.45, 7) is 5.21. The predicted octanol–water partition coefficient (Wildman–Crippen LogP) is 0.0924. The number of nitrogens with one attached hydrogen (secondary N) is 1. The Hall–Kier alpha value is -1.71. The van der Waals surface area contributed by atoms with Crippen LogP contribution in [0.15, 0.2) is 12.3 Å². The molecule has 0 bridgehead atoms. The van der Waals surface area contributed by atoms with Gasteiger partial charge in [-0.1, -0.05) is 0 Å². The fourth-order valence-electron chi connectivity index (χ4n) is 1.71. The second-order valence-electron chi connectivity index (χ2n) is 3.79. The molecule has 0 amide bonds. The van der Waals surface area contributed by atoms with E-state index in [0.29, 0.717) is 11.4 Å². The summed E-state index contributed by atoms with van der Waals surface area (Å²) >= 11 is 0. The third-order valence-electron chi connectivity index (χ3n) is 2.67. The maximum atomic E-state index is 8.88. The van der Waals surface area contributed by atoms with E-state index < -0.39 is 0 Å². The van der Waals surface area contributed by atoms with E-state index in [0.717, 1.165) is 39.4 Å². The molecule has 6 heteroatoms. The van der Waals surface area contributed by atoms with Gasteiger partial charge in [-0.2, -0.15) is 10.4 Å². The third-order valence-corrected chi connectivity index (χ3v) is 2.67. The number of hydrogen-bond acceptors (Lipinski definition) is 6. The SMILES string of the molecule is N#Cc1ccnnc1NCCN1CCOCC1. The molecule has 0 aromatic carbocycles. The van der Waals surface area contributed by atoms with E-state index >= 15 is 0 Å². The monoisotopic (exact) mass is 233 g/mol. The van der Waals surface area contributed by atoms with E-state index in [1.54, 1.807) is 6.07 Å². The van der Waals surface area contributed by atoms with Crippen molar-refractivity contribution in [2.45, 2.75) is 0 Å². The fourth-order valence-corrected chi connectivity index (χ4v) is 1.71. The van der Waals surface area contributed by atoms with E-state index in [1.807, 2.05) is 0 Å². The zero-order chi connectivity index (χ0) is 11.9. The van der Waals surface area contributed by atoms with Crippen molar-refractivity contribution in [1.82, 2.24) is 15.1 Å². The normalized spacial score (nSPS) is 16.4. The molecule has 1 N–H and O–H groups in total. The minimum Gasteiger partial charge on any atom is -0.379 e. The number of ether oxygens (including phenoxy) is 1. The minimum absolute atomic E-state index is 0.530. The zero-order valence-electron chi connectivity index (χ0n) is 9.59. The van der Waals surface area contributed by atoms with Crippen LogP contribution in [0, 0.1) is 11.3 Å². The molecule has 0 radical (unpaired) electrons. The summed E-state index contributed by atoms with van der Waals surface area (Å²) in [6.07, 6.45) is 1.52. The van der Waals surface area contributed by atoms with Gasteiger partial charge >= 0.3 is 0 Å². The molecule has 1 aromatic heterocycles. The number of nitrogens with zero attached hydrogens (tertiary/aromatic N) is 4. The lowest BCUT2D eigenvalue weighted by Crippen LogP contribution is -2.39. The molecule has 2 heterocycles. The summed E-state index contributed by atoms with van der Waals surface area (Å²) in [5.74, 6) is 0.559. The van der Waals surface area contributed by atoms with Gasteiger partial charge in [-0.05, 0) is 6.07 Å². The molecule has 1 saturated heterocycles. The van der Waals surface area contributed by atoms with Gasteiger partial charge < -0.3 is 10.1 Å². The standard InChI is InChI=1S/C11H15N5O/c12-9-10-1-2-14-15-11(10)13-3-4-16-5-7-17-8-6-16/h1-2H,3-8H2,(H,13,15). The van der Waals surface area contributed by atoms with Crippen molar-refractivity contribution in [1.29, 1.82) is 5.26 Å². The third kappa shape index (κ3) is 3.37. The van der Waals surface area contributed by atoms with Crippen LogP contribution in [-0.4, -0.2) is 54.5 Å². The van der Waals surface area contributed by atoms with Crippen LogP contribution in [-0.2, 0) is 4.74 Å². The number of morpholine rings is 1. The lowest BCUT2D eigenvalue weighted by atomic mass is 10.3. The van der Waals surface area contributed by atoms with Crippen LogP contribution in [0.2, 0.25) is 0 Å². The molecule has 6 nitrogen and oxygen atoms in total. The molecule has 0 atom stereocenters. The Morgan fingerprint density at radius 2 is 2.29 bits per heavy atom. The molecule has 0 saturated carbocycles. The van der Waals surface area contributed by atoms with Crippen LogP contribution < -0.4 is 5.32 Å². The van der Waals surface area contributed by atoms with Crippen molar-refractivity contribution < 1.29 is 4.74 Å². The first-order valence-electron chi connectivity index (χ1n) is 5.66. The van der Waals surface area contributed by atoms with Gasteiger partial charge in [-0.15, -0.1) is 5.10 Å². The van der Waals surface area contributed by atoms with Gasteiger partial charge in [0.1, 0.15) is 6.07 Å². The largest absolute Gasteiger partial charge is 0.379 e. The van der Waals surface area contributed by atoms with Crippen molar-refractivity contribution in [3.05, 3.63) is 17.8 Å². The van der Waals surface area contributed by atoms with Crippen molar-refractivity contribution in [2.75, 3.05) is 44.7 Å². The van der Waals surface area contributed by atoms with Gasteiger partial charge in [0.2, 0.25) is 0 Å². The second-order valence-corrected chi connectivity index (χ2v) is 3.79.